The molecule has 11 fully saturated rings. The van der Waals surface area contributed by atoms with Gasteiger partial charge in [-0.3, -0.25) is 4.79 Å². The van der Waals surface area contributed by atoms with Crippen LogP contribution >= 0.6 is 0 Å². The minimum atomic E-state index is -0.758. The zero-order valence-electron chi connectivity index (χ0n) is 30.2. The highest BCUT2D eigenvalue weighted by atomic mass is 16.8. The number of rotatable bonds is 3. The Morgan fingerprint density at radius 2 is 1.51 bits per heavy atom. The van der Waals surface area contributed by atoms with Crippen molar-refractivity contribution in [2.24, 2.45) is 11.8 Å². The minimum absolute atomic E-state index is 0.0126. The number of ether oxygens (including phenoxy) is 10. The lowest BCUT2D eigenvalue weighted by Crippen LogP contribution is -2.61. The first-order valence-corrected chi connectivity index (χ1v) is 20.0. The fraction of sp³-hybridized carbons (Fsp3) is 0.875. The number of methoxy groups -OCH3 is 1. The van der Waals surface area contributed by atoms with Crippen molar-refractivity contribution in [3.05, 3.63) is 24.3 Å². The third-order valence-electron chi connectivity index (χ3n) is 14.1. The number of hydrogen-bond acceptors (Lipinski definition) is 11. The summed E-state index contributed by atoms with van der Waals surface area (Å²) in [6, 6.07) is 0. The average molecular weight is 713 g/mol. The van der Waals surface area contributed by atoms with Gasteiger partial charge in [0.25, 0.3) is 0 Å². The van der Waals surface area contributed by atoms with E-state index in [4.69, 9.17) is 47.4 Å². The zero-order valence-corrected chi connectivity index (χ0v) is 30.2. The van der Waals surface area contributed by atoms with Crippen LogP contribution in [0.25, 0.3) is 0 Å². The lowest BCUT2D eigenvalue weighted by atomic mass is 9.81. The monoisotopic (exact) mass is 712 g/mol. The molecule has 19 atom stereocenters. The largest absolute Gasteiger partial charge is 0.378 e. The third-order valence-corrected chi connectivity index (χ3v) is 14.1. The van der Waals surface area contributed by atoms with Gasteiger partial charge in [0.15, 0.2) is 5.79 Å². The Morgan fingerprint density at radius 3 is 2.35 bits per heavy atom. The highest BCUT2D eigenvalue weighted by Gasteiger charge is 2.68. The van der Waals surface area contributed by atoms with Crippen LogP contribution in [0.5, 0.6) is 0 Å². The molecule has 19 unspecified atom stereocenters. The maximum absolute atomic E-state index is 14.1. The van der Waals surface area contributed by atoms with Gasteiger partial charge in [0.2, 0.25) is 0 Å². The average Bonchev–Trinajstić information content (AvgIpc) is 3.56. The lowest BCUT2D eigenvalue weighted by Gasteiger charge is -2.47. The van der Waals surface area contributed by atoms with Gasteiger partial charge in [-0.15, -0.1) is 0 Å². The van der Waals surface area contributed by atoms with Crippen LogP contribution in [-0.2, 0) is 52.2 Å². The molecule has 0 saturated carbocycles. The molecule has 0 aliphatic carbocycles. The van der Waals surface area contributed by atoms with Gasteiger partial charge in [0.1, 0.15) is 36.3 Å². The number of ketones is 1. The molecule has 0 aromatic rings. The van der Waals surface area contributed by atoms with E-state index in [9.17, 15) is 4.79 Å². The van der Waals surface area contributed by atoms with Crippen LogP contribution in [0.15, 0.2) is 24.3 Å². The summed E-state index contributed by atoms with van der Waals surface area (Å²) >= 11 is 0. The van der Waals surface area contributed by atoms with Crippen LogP contribution < -0.4 is 0 Å². The molecule has 12 bridgehead atoms. The topological polar surface area (TPSA) is 113 Å². The fourth-order valence-corrected chi connectivity index (χ4v) is 11.4. The van der Waals surface area contributed by atoms with Crippen molar-refractivity contribution in [3.63, 3.8) is 0 Å². The molecule has 11 rings (SSSR count). The first-order chi connectivity index (χ1) is 24.7. The predicted octanol–water partition coefficient (Wildman–Crippen LogP) is 4.52. The van der Waals surface area contributed by atoms with Gasteiger partial charge in [0, 0.05) is 51.6 Å². The van der Waals surface area contributed by atoms with Gasteiger partial charge in [-0.1, -0.05) is 20.1 Å². The number of fused-ring (bicyclic) bond motifs is 6. The lowest BCUT2D eigenvalue weighted by molar-refractivity contribution is -0.292. The standard InChI is InChI=1S/C40H56O11/c1-19-11-23-5-7-28-20(2)12-25(44-28)9-10-40-17-33-36(50-40)37-38(49-33)39(51-40)35-29(48-37)8-6-24(46-35)13-22(41)14-27-31(16-30(45-23)21(19)3)47-32(34(27)42-4)15-26-18-43-26/h19,23-39H,2-3,5-18H2,1,4H3. The number of hydrogen-bond donors (Lipinski definition) is 0. The summed E-state index contributed by atoms with van der Waals surface area (Å²) in [5.74, 6) is -0.359. The summed E-state index contributed by atoms with van der Waals surface area (Å²) in [6.07, 6.45) is 7.65. The molecule has 0 radical (unpaired) electrons. The summed E-state index contributed by atoms with van der Waals surface area (Å²) in [5, 5.41) is 0. The molecule has 11 heterocycles. The summed E-state index contributed by atoms with van der Waals surface area (Å²) in [5.41, 5.74) is 2.28. The maximum atomic E-state index is 14.1. The number of carbonyl (C=O) groups excluding carboxylic acids is 1. The molecule has 11 nitrogen and oxygen atoms in total. The Hall–Kier alpha value is -1.25. The van der Waals surface area contributed by atoms with E-state index in [1.807, 2.05) is 0 Å². The summed E-state index contributed by atoms with van der Waals surface area (Å²) in [6.45, 7) is 12.0. The summed E-state index contributed by atoms with van der Waals surface area (Å²) < 4.78 is 65.9. The van der Waals surface area contributed by atoms with Crippen LogP contribution in [0.2, 0.25) is 0 Å². The van der Waals surface area contributed by atoms with E-state index in [-0.39, 0.29) is 109 Å². The Balaban J connectivity index is 0.931. The molecule has 0 N–H and O–H groups in total. The van der Waals surface area contributed by atoms with Crippen molar-refractivity contribution in [3.8, 4) is 0 Å². The van der Waals surface area contributed by atoms with E-state index in [2.05, 4.69) is 20.1 Å². The molecule has 11 saturated heterocycles. The Bertz CT molecular complexity index is 1380. The van der Waals surface area contributed by atoms with Crippen LogP contribution in [0.3, 0.4) is 0 Å². The van der Waals surface area contributed by atoms with Gasteiger partial charge in [0.05, 0.1) is 73.8 Å². The highest BCUT2D eigenvalue weighted by Crippen LogP contribution is 2.54. The van der Waals surface area contributed by atoms with E-state index in [0.717, 1.165) is 75.5 Å². The normalized spacial score (nSPS) is 55.1. The molecule has 0 amide bonds. The Morgan fingerprint density at radius 1 is 0.745 bits per heavy atom. The molecule has 0 aromatic heterocycles. The molecule has 282 valence electrons. The first kappa shape index (κ1) is 34.3. The molecular weight excluding hydrogens is 656 g/mol. The summed E-state index contributed by atoms with van der Waals surface area (Å²) in [7, 11) is 1.74. The number of epoxide rings is 1. The molecule has 1 spiro atoms. The van der Waals surface area contributed by atoms with Gasteiger partial charge >= 0.3 is 0 Å². The smallest absolute Gasteiger partial charge is 0.172 e. The third kappa shape index (κ3) is 6.23. The molecule has 11 heteroatoms. The summed E-state index contributed by atoms with van der Waals surface area (Å²) in [4.78, 5) is 14.1. The van der Waals surface area contributed by atoms with E-state index >= 15 is 0 Å². The van der Waals surface area contributed by atoms with Crippen LogP contribution in [0.1, 0.15) is 90.4 Å². The molecule has 0 aromatic carbocycles. The predicted molar refractivity (Wildman–Crippen MR) is 181 cm³/mol. The first-order valence-electron chi connectivity index (χ1n) is 20.0. The fourth-order valence-electron chi connectivity index (χ4n) is 11.4. The van der Waals surface area contributed by atoms with Gasteiger partial charge in [-0.2, -0.15) is 0 Å². The van der Waals surface area contributed by atoms with Crippen LogP contribution in [0.4, 0.5) is 0 Å². The van der Waals surface area contributed by atoms with Crippen LogP contribution in [-0.4, -0.2) is 123 Å². The second-order valence-corrected chi connectivity index (χ2v) is 17.5. The second-order valence-electron chi connectivity index (χ2n) is 17.5. The Kier molecular flexibility index (Phi) is 8.87. The van der Waals surface area contributed by atoms with Crippen molar-refractivity contribution < 1.29 is 52.2 Å². The van der Waals surface area contributed by atoms with E-state index < -0.39 is 5.79 Å². The van der Waals surface area contributed by atoms with Gasteiger partial charge < -0.3 is 47.4 Å². The van der Waals surface area contributed by atoms with E-state index in [1.54, 1.807) is 7.11 Å². The second kappa shape index (κ2) is 13.2. The van der Waals surface area contributed by atoms with Crippen LogP contribution in [0, 0.1) is 11.8 Å². The maximum Gasteiger partial charge on any atom is 0.172 e. The quantitative estimate of drug-likeness (QED) is 0.304. The SMILES string of the molecule is C=C1CC2CCC34CC5OC6C(OC7CCC(CC(=O)CC8C(CC9OC(CCC1O2)CC(C)C9=C)OC(CC1CO1)C8OC)OC7C6O3)C5O4. The van der Waals surface area contributed by atoms with Gasteiger partial charge in [-0.25, -0.2) is 0 Å². The van der Waals surface area contributed by atoms with Crippen molar-refractivity contribution in [1.29, 1.82) is 0 Å². The van der Waals surface area contributed by atoms with Crippen molar-refractivity contribution in [2.75, 3.05) is 13.7 Å². The number of carbonyl (C=O) groups is 1. The van der Waals surface area contributed by atoms with Crippen molar-refractivity contribution in [2.45, 2.75) is 194 Å². The molecule has 51 heavy (non-hydrogen) atoms. The van der Waals surface area contributed by atoms with Crippen molar-refractivity contribution >= 4 is 5.78 Å². The highest BCUT2D eigenvalue weighted by molar-refractivity contribution is 5.79. The number of Topliss-reactive ketones (excluding diaryl/α,β-unsaturated/α-hetero) is 1. The van der Waals surface area contributed by atoms with Gasteiger partial charge in [-0.05, 0) is 62.0 Å². The minimum Gasteiger partial charge on any atom is -0.378 e. The zero-order chi connectivity index (χ0) is 34.6. The van der Waals surface area contributed by atoms with E-state index in [1.165, 1.54) is 0 Å². The van der Waals surface area contributed by atoms with Crippen molar-refractivity contribution in [1.82, 2.24) is 0 Å². The molecule has 11 aliphatic heterocycles. The molecular formula is C40H56O11. The molecule has 11 aliphatic rings. The Labute approximate surface area is 301 Å². The van der Waals surface area contributed by atoms with E-state index in [0.29, 0.717) is 31.6 Å².